The van der Waals surface area contributed by atoms with E-state index >= 15 is 0 Å². The second kappa shape index (κ2) is 7.87. The largest absolute Gasteiger partial charge is 0.357 e. The standard InChI is InChI=1S/C14H24N4O2S3/c1-3-16-13(18-10-14(2)7-4-8-21-14)17-9-11-5-6-12(22-11)23(15,19)20/h5-6H,3-4,7-10H2,1-2H3,(H2,15,19,20)(H2,16,17,18). The molecule has 2 heterocycles. The topological polar surface area (TPSA) is 96.6 Å². The van der Waals surface area contributed by atoms with Gasteiger partial charge in [-0.2, -0.15) is 11.8 Å². The third-order valence-corrected chi connectivity index (χ3v) is 7.63. The summed E-state index contributed by atoms with van der Waals surface area (Å²) < 4.78 is 23.0. The van der Waals surface area contributed by atoms with Crippen LogP contribution < -0.4 is 15.8 Å². The number of nitrogens with two attached hydrogens (primary N) is 1. The maximum absolute atomic E-state index is 11.3. The molecule has 1 saturated heterocycles. The minimum absolute atomic E-state index is 0.176. The number of nitrogens with zero attached hydrogens (tertiary/aromatic N) is 1. The first-order valence-corrected chi connectivity index (χ1v) is 10.9. The Balaban J connectivity index is 1.96. The molecule has 0 spiro atoms. The number of rotatable bonds is 6. The van der Waals surface area contributed by atoms with Gasteiger partial charge in [-0.1, -0.05) is 0 Å². The molecule has 4 N–H and O–H groups in total. The van der Waals surface area contributed by atoms with Crippen LogP contribution in [0.15, 0.2) is 21.3 Å². The third-order valence-electron chi connectivity index (χ3n) is 3.58. The number of thioether (sulfide) groups is 1. The molecule has 1 atom stereocenters. The molecule has 1 unspecified atom stereocenters. The molecule has 0 aliphatic carbocycles. The molecule has 23 heavy (non-hydrogen) atoms. The summed E-state index contributed by atoms with van der Waals surface area (Å²) in [6, 6.07) is 3.28. The predicted octanol–water partition coefficient (Wildman–Crippen LogP) is 1.74. The zero-order valence-electron chi connectivity index (χ0n) is 13.5. The van der Waals surface area contributed by atoms with E-state index in [0.29, 0.717) is 6.54 Å². The normalized spacial score (nSPS) is 22.3. The molecule has 9 heteroatoms. The van der Waals surface area contributed by atoms with Crippen LogP contribution in [0.4, 0.5) is 0 Å². The van der Waals surface area contributed by atoms with Crippen molar-refractivity contribution in [3.8, 4) is 0 Å². The first-order valence-electron chi connectivity index (χ1n) is 7.60. The molecule has 1 aromatic heterocycles. The highest BCUT2D eigenvalue weighted by Gasteiger charge is 2.29. The second-order valence-corrected chi connectivity index (χ2v) is 10.4. The summed E-state index contributed by atoms with van der Waals surface area (Å²) in [5, 5.41) is 11.7. The molecule has 0 amide bonds. The van der Waals surface area contributed by atoms with Gasteiger partial charge in [-0.25, -0.2) is 18.5 Å². The molecule has 2 rings (SSSR count). The third kappa shape index (κ3) is 5.66. The first kappa shape index (κ1) is 18.6. The van der Waals surface area contributed by atoms with Crippen LogP contribution in [-0.4, -0.2) is 38.0 Å². The number of aliphatic imine (C=N–C) groups is 1. The van der Waals surface area contributed by atoms with Gasteiger partial charge < -0.3 is 10.6 Å². The lowest BCUT2D eigenvalue weighted by Crippen LogP contribution is -2.43. The van der Waals surface area contributed by atoms with Gasteiger partial charge in [0.15, 0.2) is 5.96 Å². The number of primary sulfonamides is 1. The smallest absolute Gasteiger partial charge is 0.247 e. The summed E-state index contributed by atoms with van der Waals surface area (Å²) in [6.45, 7) is 6.38. The van der Waals surface area contributed by atoms with E-state index in [4.69, 9.17) is 5.14 Å². The van der Waals surface area contributed by atoms with Crippen LogP contribution in [0.25, 0.3) is 0 Å². The number of nitrogens with one attached hydrogen (secondary N) is 2. The monoisotopic (exact) mass is 376 g/mol. The number of thiophene rings is 1. The van der Waals surface area contributed by atoms with Crippen molar-refractivity contribution < 1.29 is 8.42 Å². The van der Waals surface area contributed by atoms with Gasteiger partial charge in [0.25, 0.3) is 0 Å². The van der Waals surface area contributed by atoms with Gasteiger partial charge in [0.1, 0.15) is 4.21 Å². The number of hydrogen-bond donors (Lipinski definition) is 3. The van der Waals surface area contributed by atoms with Crippen molar-refractivity contribution in [2.24, 2.45) is 10.1 Å². The fourth-order valence-electron chi connectivity index (χ4n) is 2.34. The molecule has 0 aromatic carbocycles. The maximum atomic E-state index is 11.3. The van der Waals surface area contributed by atoms with E-state index in [-0.39, 0.29) is 8.96 Å². The van der Waals surface area contributed by atoms with Gasteiger partial charge in [-0.15, -0.1) is 11.3 Å². The van der Waals surface area contributed by atoms with Gasteiger partial charge in [0.2, 0.25) is 10.0 Å². The van der Waals surface area contributed by atoms with Crippen LogP contribution in [-0.2, 0) is 16.6 Å². The molecule has 1 fully saturated rings. The molecule has 6 nitrogen and oxygen atoms in total. The van der Waals surface area contributed by atoms with E-state index in [1.807, 2.05) is 18.7 Å². The van der Waals surface area contributed by atoms with Gasteiger partial charge in [0, 0.05) is 22.7 Å². The van der Waals surface area contributed by atoms with Crippen LogP contribution in [0, 0.1) is 0 Å². The van der Waals surface area contributed by atoms with E-state index in [2.05, 4.69) is 22.5 Å². The Morgan fingerprint density at radius 1 is 1.43 bits per heavy atom. The summed E-state index contributed by atoms with van der Waals surface area (Å²) >= 11 is 3.16. The highest BCUT2D eigenvalue weighted by atomic mass is 32.2. The van der Waals surface area contributed by atoms with Crippen molar-refractivity contribution in [2.45, 2.75) is 42.2 Å². The van der Waals surface area contributed by atoms with Gasteiger partial charge >= 0.3 is 0 Å². The average Bonchev–Trinajstić information content (AvgIpc) is 3.11. The Labute approximate surface area is 146 Å². The van der Waals surface area contributed by atoms with E-state index in [9.17, 15) is 8.42 Å². The minimum Gasteiger partial charge on any atom is -0.357 e. The number of sulfonamides is 1. The van der Waals surface area contributed by atoms with Crippen LogP contribution in [0.1, 0.15) is 31.6 Å². The second-order valence-electron chi connectivity index (χ2n) is 5.72. The summed E-state index contributed by atoms with van der Waals surface area (Å²) in [6.07, 6.45) is 2.48. The Kier molecular flexibility index (Phi) is 6.35. The molecule has 1 aromatic rings. The maximum Gasteiger partial charge on any atom is 0.247 e. The predicted molar refractivity (Wildman–Crippen MR) is 98.6 cm³/mol. The summed E-state index contributed by atoms with van der Waals surface area (Å²) in [7, 11) is -3.62. The average molecular weight is 377 g/mol. The summed E-state index contributed by atoms with van der Waals surface area (Å²) in [5.41, 5.74) is 0. The fraction of sp³-hybridized carbons (Fsp3) is 0.643. The Hall–Kier alpha value is -0.770. The lowest BCUT2D eigenvalue weighted by molar-refractivity contribution is 0.585. The summed E-state index contributed by atoms with van der Waals surface area (Å²) in [5.74, 6) is 1.98. The van der Waals surface area contributed by atoms with Crippen LogP contribution in [0.5, 0.6) is 0 Å². The quantitative estimate of drug-likeness (QED) is 0.519. The Morgan fingerprint density at radius 3 is 2.78 bits per heavy atom. The van der Waals surface area contributed by atoms with Gasteiger partial charge in [0.05, 0.1) is 6.54 Å². The molecule has 130 valence electrons. The molecule has 0 radical (unpaired) electrons. The van der Waals surface area contributed by atoms with Crippen molar-refractivity contribution in [3.05, 3.63) is 17.0 Å². The highest BCUT2D eigenvalue weighted by molar-refractivity contribution is 8.00. The Bertz CT molecular complexity index is 649. The van der Waals surface area contributed by atoms with Gasteiger partial charge in [-0.05, 0) is 44.6 Å². The summed E-state index contributed by atoms with van der Waals surface area (Å²) in [4.78, 5) is 5.40. The van der Waals surface area contributed by atoms with Crippen LogP contribution in [0.3, 0.4) is 0 Å². The van der Waals surface area contributed by atoms with Crippen molar-refractivity contribution in [1.82, 2.24) is 10.6 Å². The molecular weight excluding hydrogens is 352 g/mol. The molecular formula is C14H24N4O2S3. The van der Waals surface area contributed by atoms with Crippen molar-refractivity contribution in [3.63, 3.8) is 0 Å². The van der Waals surface area contributed by atoms with Crippen LogP contribution >= 0.6 is 23.1 Å². The molecule has 0 bridgehead atoms. The zero-order chi connectivity index (χ0) is 16.9. The Morgan fingerprint density at radius 2 is 2.22 bits per heavy atom. The molecule has 1 aliphatic heterocycles. The van der Waals surface area contributed by atoms with Crippen molar-refractivity contribution in [1.29, 1.82) is 0 Å². The van der Waals surface area contributed by atoms with Gasteiger partial charge in [-0.3, -0.25) is 0 Å². The van der Waals surface area contributed by atoms with E-state index in [1.165, 1.54) is 24.7 Å². The SMILES string of the molecule is CCNC(=NCc1ccc(S(N)(=O)=O)s1)NCC1(C)CCCS1. The zero-order valence-corrected chi connectivity index (χ0v) is 15.9. The minimum atomic E-state index is -3.62. The molecule has 0 saturated carbocycles. The number of hydrogen-bond acceptors (Lipinski definition) is 5. The van der Waals surface area contributed by atoms with E-state index in [0.717, 1.165) is 35.3 Å². The number of guanidine groups is 1. The fourth-order valence-corrected chi connectivity index (χ4v) is 5.29. The highest BCUT2D eigenvalue weighted by Crippen LogP contribution is 2.36. The lowest BCUT2D eigenvalue weighted by Gasteiger charge is -2.24. The van der Waals surface area contributed by atoms with Crippen LogP contribution in [0.2, 0.25) is 0 Å². The van der Waals surface area contributed by atoms with Crippen molar-refractivity contribution in [2.75, 3.05) is 18.8 Å². The van der Waals surface area contributed by atoms with E-state index in [1.54, 1.807) is 6.07 Å². The first-order chi connectivity index (χ1) is 10.8. The van der Waals surface area contributed by atoms with Crippen molar-refractivity contribution >= 4 is 39.1 Å². The van der Waals surface area contributed by atoms with E-state index < -0.39 is 10.0 Å². The molecule has 1 aliphatic rings. The lowest BCUT2D eigenvalue weighted by atomic mass is 10.1.